The van der Waals surface area contributed by atoms with Crippen molar-refractivity contribution < 1.29 is 98.0 Å². The Bertz CT molecular complexity index is 943. The standard InChI is InChI=1S/C14H11F3.C6H2F4O.C2H6P.2U/c1-9-2-4-10(5-3-9)11-6-13(16)12(8-15)14(17)7-11;7-4-1-3(11-10)2-5(8)6(4)9;1-3-2;;/h2-7H,8H2,1H3;1-2H;3H,1H2,2H3;;/q;;-1;;. The van der Waals surface area contributed by atoms with Gasteiger partial charge in [-0.3, -0.25) is 13.5 Å². The zero-order valence-corrected chi connectivity index (χ0v) is 26.9. The van der Waals surface area contributed by atoms with E-state index in [0.717, 1.165) is 26.3 Å². The number of halogens is 7. The molecule has 3 aromatic rings. The molecule has 0 aromatic heterocycles. The van der Waals surface area contributed by atoms with Crippen LogP contribution < -0.4 is 4.94 Å². The molecule has 1 atom stereocenters. The predicted octanol–water partition coefficient (Wildman–Crippen LogP) is 7.86. The largest absolute Gasteiger partial charge is 0.320 e. The van der Waals surface area contributed by atoms with Gasteiger partial charge in [-0.05, 0) is 30.2 Å². The predicted molar refractivity (Wildman–Crippen MR) is 109 cm³/mol. The maximum atomic E-state index is 13.4. The summed E-state index contributed by atoms with van der Waals surface area (Å²) in [4.78, 5) is 2.98. The second-order valence-corrected chi connectivity index (χ2v) is 6.76. The molecule has 0 N–H and O–H groups in total. The van der Waals surface area contributed by atoms with Gasteiger partial charge in [-0.2, -0.15) is 0 Å². The van der Waals surface area contributed by atoms with Crippen molar-refractivity contribution in [2.45, 2.75) is 13.6 Å². The molecule has 33 heavy (non-hydrogen) atoms. The molecule has 0 aliphatic heterocycles. The molecule has 0 bridgehead atoms. The molecule has 0 saturated carbocycles. The van der Waals surface area contributed by atoms with Crippen LogP contribution in [0.25, 0.3) is 11.1 Å². The van der Waals surface area contributed by atoms with Crippen molar-refractivity contribution in [3.8, 4) is 16.9 Å². The number of hydrogen-bond donors (Lipinski definition) is 0. The van der Waals surface area contributed by atoms with E-state index in [9.17, 15) is 30.9 Å². The molecule has 176 valence electrons. The SMILES string of the molecule is Cc1ccc(-c2cc(F)c(CF)c(F)c2)cc1.FOc1cc(F)c(F)c(F)c1.[CH2-]PC.[U].[U]. The van der Waals surface area contributed by atoms with Crippen molar-refractivity contribution in [3.63, 3.8) is 0 Å². The van der Waals surface area contributed by atoms with Gasteiger partial charge < -0.3 is 6.66 Å². The van der Waals surface area contributed by atoms with E-state index in [1.54, 1.807) is 12.1 Å². The average molecular weight is 939 g/mol. The second-order valence-electron chi connectivity index (χ2n) is 6.05. The van der Waals surface area contributed by atoms with E-state index in [-0.39, 0.29) is 62.2 Å². The number of benzene rings is 3. The summed E-state index contributed by atoms with van der Waals surface area (Å²) in [5, 5.41) is 0. The van der Waals surface area contributed by atoms with Gasteiger partial charge in [0.1, 0.15) is 18.3 Å². The molecule has 0 fully saturated rings. The molecule has 3 rings (SSSR count). The van der Waals surface area contributed by atoms with Crippen LogP contribution in [0.4, 0.5) is 30.9 Å². The Morgan fingerprint density at radius 1 is 0.788 bits per heavy atom. The minimum absolute atomic E-state index is 0. The van der Waals surface area contributed by atoms with E-state index in [1.807, 2.05) is 25.7 Å². The molecule has 0 heterocycles. The third kappa shape index (κ3) is 11.2. The molecule has 11 heteroatoms. The van der Waals surface area contributed by atoms with E-state index in [1.165, 1.54) is 0 Å². The molecule has 0 saturated heterocycles. The fourth-order valence-corrected chi connectivity index (χ4v) is 2.22. The summed E-state index contributed by atoms with van der Waals surface area (Å²) in [6.45, 7) is 6.35. The zero-order valence-electron chi connectivity index (χ0n) is 17.6. The van der Waals surface area contributed by atoms with Crippen molar-refractivity contribution >= 4 is 8.58 Å². The van der Waals surface area contributed by atoms with Crippen LogP contribution in [0, 0.1) is 105 Å². The minimum Gasteiger partial charge on any atom is -0.320 e. The van der Waals surface area contributed by atoms with Gasteiger partial charge in [-0.25, -0.2) is 26.3 Å². The molecule has 3 aromatic carbocycles. The van der Waals surface area contributed by atoms with Crippen molar-refractivity contribution in [3.05, 3.63) is 95.4 Å². The van der Waals surface area contributed by atoms with Gasteiger partial charge in [-0.1, -0.05) is 36.5 Å². The summed E-state index contributed by atoms with van der Waals surface area (Å²) in [6, 6.07) is 10.4. The van der Waals surface area contributed by atoms with Gasteiger partial charge in [-0.15, -0.1) is 0 Å². The van der Waals surface area contributed by atoms with Crippen LogP contribution in [0.2, 0.25) is 0 Å². The Labute approximate surface area is 237 Å². The molecule has 0 amide bonds. The molecule has 0 aliphatic rings. The van der Waals surface area contributed by atoms with Crippen molar-refractivity contribution in [1.82, 2.24) is 0 Å². The first-order chi connectivity index (χ1) is 14.7. The summed E-state index contributed by atoms with van der Waals surface area (Å²) in [6.07, 6.45) is 0. The first-order valence-electron chi connectivity index (χ1n) is 8.66. The smallest absolute Gasteiger partial charge is 0.194 e. The molecule has 0 spiro atoms. The Hall–Kier alpha value is -0.496. The van der Waals surface area contributed by atoms with Crippen molar-refractivity contribution in [2.24, 2.45) is 0 Å². The number of alkyl halides is 1. The van der Waals surface area contributed by atoms with Crippen LogP contribution in [0.5, 0.6) is 5.75 Å². The van der Waals surface area contributed by atoms with Gasteiger partial charge >= 0.3 is 0 Å². The van der Waals surface area contributed by atoms with E-state index in [2.05, 4.69) is 11.6 Å². The van der Waals surface area contributed by atoms with E-state index in [0.29, 0.717) is 23.3 Å². The zero-order chi connectivity index (χ0) is 23.6. The fourth-order valence-electron chi connectivity index (χ4n) is 2.22. The summed E-state index contributed by atoms with van der Waals surface area (Å²) >= 11 is 0. The van der Waals surface area contributed by atoms with Gasteiger partial charge in [0.25, 0.3) is 0 Å². The number of hydrogen-bond acceptors (Lipinski definition) is 1. The van der Waals surface area contributed by atoms with Crippen LogP contribution in [-0.2, 0) is 6.67 Å². The van der Waals surface area contributed by atoms with E-state index < -0.39 is 47.1 Å². The monoisotopic (exact) mass is 939 g/mol. The summed E-state index contributed by atoms with van der Waals surface area (Å²) in [7, 11) is 0.833. The molecule has 0 radical (unpaired) electrons. The van der Waals surface area contributed by atoms with E-state index >= 15 is 0 Å². The maximum absolute atomic E-state index is 13.4. The fraction of sp³-hybridized carbons (Fsp3) is 0.136. The van der Waals surface area contributed by atoms with Gasteiger partial charge in [0, 0.05) is 78.9 Å². The van der Waals surface area contributed by atoms with Gasteiger partial charge in [0.15, 0.2) is 23.2 Å². The number of aryl methyl sites for hydroxylation is 1. The summed E-state index contributed by atoms with van der Waals surface area (Å²) in [5.41, 5.74) is 1.67. The van der Waals surface area contributed by atoms with Crippen LogP contribution in [0.3, 0.4) is 0 Å². The third-order valence-corrected chi connectivity index (χ3v) is 3.71. The normalized spacial score (nSPS) is 9.64. The molecule has 1 unspecified atom stereocenters. The number of rotatable bonds is 3. The molecule has 1 nitrogen and oxygen atoms in total. The first kappa shape index (κ1) is 34.7. The van der Waals surface area contributed by atoms with Crippen molar-refractivity contribution in [1.29, 1.82) is 0 Å². The molecular formula is C22H19F7OPU2-. The second kappa shape index (κ2) is 17.9. The average Bonchev–Trinajstić information content (AvgIpc) is 2.73. The Morgan fingerprint density at radius 3 is 1.58 bits per heavy atom. The Kier molecular flexibility index (Phi) is 18.8. The maximum Gasteiger partial charge on any atom is 0.194 e. The first-order valence-corrected chi connectivity index (χ1v) is 10.4. The molecular weight excluding hydrogens is 920 g/mol. The summed E-state index contributed by atoms with van der Waals surface area (Å²) in [5.74, 6) is -7.02. The summed E-state index contributed by atoms with van der Waals surface area (Å²) < 4.78 is 86.9. The quantitative estimate of drug-likeness (QED) is 0.113. The topological polar surface area (TPSA) is 9.23 Å². The third-order valence-electron chi connectivity index (χ3n) is 3.71. The Balaban J connectivity index is 0. The van der Waals surface area contributed by atoms with Gasteiger partial charge in [0.05, 0.1) is 5.56 Å². The molecule has 0 aliphatic carbocycles. The van der Waals surface area contributed by atoms with Crippen LogP contribution in [0.1, 0.15) is 11.1 Å². The Morgan fingerprint density at radius 2 is 1.21 bits per heavy atom. The van der Waals surface area contributed by atoms with Crippen LogP contribution in [-0.4, -0.2) is 6.66 Å². The van der Waals surface area contributed by atoms with Gasteiger partial charge in [0.2, 0.25) is 0 Å². The van der Waals surface area contributed by atoms with E-state index in [4.69, 9.17) is 0 Å². The van der Waals surface area contributed by atoms with Crippen LogP contribution in [0.15, 0.2) is 48.5 Å². The van der Waals surface area contributed by atoms with Crippen molar-refractivity contribution in [2.75, 3.05) is 6.66 Å². The minimum atomic E-state index is -1.65. The van der Waals surface area contributed by atoms with Crippen LogP contribution >= 0.6 is 8.58 Å².